The molecular weight excluding hydrogens is 516 g/mol. The van der Waals surface area contributed by atoms with Crippen molar-refractivity contribution in [3.05, 3.63) is 166 Å². The lowest BCUT2D eigenvalue weighted by Gasteiger charge is -2.51. The standard InChI is InChI=1S/C37H24N4O/c1-42-37(31(24-40)25-41)35(30(22-38)23-39)34(32(26-14-6-2-7-15-26)27-16-8-3-9-17-27)36(37)33(28-18-10-4-11-19-28)29-20-12-5-13-21-29/h2-21,31H,1H3. The molecule has 0 aliphatic heterocycles. The fourth-order valence-electron chi connectivity index (χ4n) is 5.72. The van der Waals surface area contributed by atoms with Gasteiger partial charge in [-0.3, -0.25) is 0 Å². The maximum atomic E-state index is 10.3. The Kier molecular flexibility index (Phi) is 7.91. The maximum Gasteiger partial charge on any atom is 0.170 e. The third kappa shape index (κ3) is 4.48. The van der Waals surface area contributed by atoms with Gasteiger partial charge in [-0.1, -0.05) is 121 Å². The summed E-state index contributed by atoms with van der Waals surface area (Å²) in [6.45, 7) is 0. The van der Waals surface area contributed by atoms with Crippen LogP contribution in [0.4, 0.5) is 0 Å². The summed E-state index contributed by atoms with van der Waals surface area (Å²) < 4.78 is 6.21. The Morgan fingerprint density at radius 3 is 1.21 bits per heavy atom. The molecule has 4 aromatic rings. The van der Waals surface area contributed by atoms with E-state index in [1.807, 2.05) is 133 Å². The van der Waals surface area contributed by atoms with E-state index in [0.717, 1.165) is 33.4 Å². The van der Waals surface area contributed by atoms with Crippen LogP contribution in [0.15, 0.2) is 144 Å². The van der Waals surface area contributed by atoms with Crippen LogP contribution in [0.1, 0.15) is 22.3 Å². The lowest BCUT2D eigenvalue weighted by molar-refractivity contribution is 0.0251. The molecule has 0 saturated heterocycles. The highest BCUT2D eigenvalue weighted by atomic mass is 16.5. The van der Waals surface area contributed by atoms with Crippen molar-refractivity contribution in [3.8, 4) is 24.3 Å². The van der Waals surface area contributed by atoms with Crippen molar-refractivity contribution in [1.29, 1.82) is 21.0 Å². The first-order valence-electron chi connectivity index (χ1n) is 13.3. The smallest absolute Gasteiger partial charge is 0.170 e. The molecule has 0 spiro atoms. The Labute approximate surface area is 245 Å². The molecule has 4 aromatic carbocycles. The van der Waals surface area contributed by atoms with Gasteiger partial charge < -0.3 is 4.74 Å². The Balaban J connectivity index is 2.12. The number of rotatable bonds is 6. The minimum absolute atomic E-state index is 0.212. The molecule has 0 heterocycles. The zero-order valence-corrected chi connectivity index (χ0v) is 22.8. The first kappa shape index (κ1) is 27.6. The largest absolute Gasteiger partial charge is 0.366 e. The number of nitriles is 4. The van der Waals surface area contributed by atoms with Gasteiger partial charge in [-0.2, -0.15) is 21.0 Å². The van der Waals surface area contributed by atoms with Crippen LogP contribution in [0, 0.1) is 51.2 Å². The highest BCUT2D eigenvalue weighted by Crippen LogP contribution is 2.61. The first-order chi connectivity index (χ1) is 20.7. The molecule has 5 heteroatoms. The van der Waals surface area contributed by atoms with E-state index in [0.29, 0.717) is 11.1 Å². The summed E-state index contributed by atoms with van der Waals surface area (Å²) in [5.74, 6) is -1.36. The fourth-order valence-corrected chi connectivity index (χ4v) is 5.72. The maximum absolute atomic E-state index is 10.3. The summed E-state index contributed by atoms with van der Waals surface area (Å²) in [7, 11) is 1.42. The van der Waals surface area contributed by atoms with Gasteiger partial charge in [0.1, 0.15) is 17.7 Å². The average molecular weight is 541 g/mol. The summed E-state index contributed by atoms with van der Waals surface area (Å²) >= 11 is 0. The van der Waals surface area contributed by atoms with Crippen LogP contribution in [-0.2, 0) is 4.74 Å². The second-order valence-electron chi connectivity index (χ2n) is 9.57. The van der Waals surface area contributed by atoms with Crippen molar-refractivity contribution in [2.24, 2.45) is 5.92 Å². The van der Waals surface area contributed by atoms with Crippen molar-refractivity contribution in [3.63, 3.8) is 0 Å². The van der Waals surface area contributed by atoms with Crippen molar-refractivity contribution in [1.82, 2.24) is 0 Å². The van der Waals surface area contributed by atoms with Gasteiger partial charge >= 0.3 is 0 Å². The quantitative estimate of drug-likeness (QED) is 0.237. The topological polar surface area (TPSA) is 104 Å². The predicted octanol–water partition coefficient (Wildman–Crippen LogP) is 7.40. The third-order valence-corrected chi connectivity index (χ3v) is 7.45. The molecule has 0 amide bonds. The fraction of sp³-hybridized carbons (Fsp3) is 0.0811. The highest BCUT2D eigenvalue weighted by molar-refractivity contribution is 6.01. The molecular formula is C37H24N4O. The van der Waals surface area contributed by atoms with Gasteiger partial charge in [-0.15, -0.1) is 0 Å². The van der Waals surface area contributed by atoms with Crippen LogP contribution in [0.25, 0.3) is 11.1 Å². The number of benzene rings is 4. The van der Waals surface area contributed by atoms with E-state index in [9.17, 15) is 21.0 Å². The minimum atomic E-state index is -1.69. The van der Waals surface area contributed by atoms with Gasteiger partial charge in [0.15, 0.2) is 11.5 Å². The molecule has 1 atom stereocenters. The molecule has 1 unspecified atom stereocenters. The zero-order chi connectivity index (χ0) is 29.5. The van der Waals surface area contributed by atoms with Crippen molar-refractivity contribution >= 4 is 11.1 Å². The minimum Gasteiger partial charge on any atom is -0.366 e. The summed E-state index contributed by atoms with van der Waals surface area (Å²) in [6, 6.07) is 47.0. The van der Waals surface area contributed by atoms with Crippen LogP contribution < -0.4 is 0 Å². The van der Waals surface area contributed by atoms with Crippen molar-refractivity contribution in [2.45, 2.75) is 5.60 Å². The van der Waals surface area contributed by atoms with E-state index in [2.05, 4.69) is 12.1 Å². The van der Waals surface area contributed by atoms with Gasteiger partial charge in [-0.25, -0.2) is 0 Å². The molecule has 0 aromatic heterocycles. The summed E-state index contributed by atoms with van der Waals surface area (Å²) in [5.41, 5.74) is 4.35. The number of methoxy groups -OCH3 is 1. The Morgan fingerprint density at radius 2 is 0.905 bits per heavy atom. The second-order valence-corrected chi connectivity index (χ2v) is 9.57. The average Bonchev–Trinajstić information content (AvgIpc) is 3.06. The van der Waals surface area contributed by atoms with Gasteiger partial charge in [0.25, 0.3) is 0 Å². The molecule has 0 radical (unpaired) electrons. The molecule has 0 bridgehead atoms. The number of hydrogen-bond acceptors (Lipinski definition) is 5. The lowest BCUT2D eigenvalue weighted by Crippen LogP contribution is -2.53. The Bertz CT molecular complexity index is 1770. The second kappa shape index (κ2) is 12.0. The number of hydrogen-bond donors (Lipinski definition) is 0. The van der Waals surface area contributed by atoms with E-state index in [4.69, 9.17) is 4.74 Å². The molecule has 1 saturated carbocycles. The monoisotopic (exact) mass is 540 g/mol. The molecule has 1 aliphatic rings. The molecule has 1 fully saturated rings. The van der Waals surface area contributed by atoms with E-state index < -0.39 is 11.5 Å². The molecule has 0 N–H and O–H groups in total. The predicted molar refractivity (Wildman–Crippen MR) is 161 cm³/mol. The molecule has 198 valence electrons. The molecule has 1 aliphatic carbocycles. The van der Waals surface area contributed by atoms with Gasteiger partial charge in [0.05, 0.1) is 12.1 Å². The van der Waals surface area contributed by atoms with E-state index in [1.54, 1.807) is 0 Å². The van der Waals surface area contributed by atoms with Crippen LogP contribution in [0.2, 0.25) is 0 Å². The zero-order valence-electron chi connectivity index (χ0n) is 22.8. The molecule has 5 rings (SSSR count). The van der Waals surface area contributed by atoms with Gasteiger partial charge in [-0.05, 0) is 39.0 Å². The third-order valence-electron chi connectivity index (χ3n) is 7.45. The summed E-state index contributed by atoms with van der Waals surface area (Å²) in [6.07, 6.45) is 0. The normalized spacial score (nSPS) is 15.4. The van der Waals surface area contributed by atoms with Gasteiger partial charge in [0.2, 0.25) is 0 Å². The SMILES string of the molecule is COC1(C(C#N)C#N)C(=C(C#N)C#N)C(=C(c2ccccc2)c2ccccc2)C1=C(c1ccccc1)c1ccccc1. The number of nitrogens with zero attached hydrogens (tertiary/aromatic N) is 4. The van der Waals surface area contributed by atoms with Crippen LogP contribution in [0.3, 0.4) is 0 Å². The number of ether oxygens (including phenoxy) is 1. The molecule has 5 nitrogen and oxygen atoms in total. The highest BCUT2D eigenvalue weighted by Gasteiger charge is 2.61. The Hall–Kier alpha value is -5.98. The number of allylic oxidation sites excluding steroid dienone is 1. The summed E-state index contributed by atoms with van der Waals surface area (Å²) in [4.78, 5) is 0. The summed E-state index contributed by atoms with van der Waals surface area (Å²) in [5, 5.41) is 41.1. The Morgan fingerprint density at radius 1 is 0.548 bits per heavy atom. The van der Waals surface area contributed by atoms with Crippen LogP contribution >= 0.6 is 0 Å². The van der Waals surface area contributed by atoms with Gasteiger partial charge in [0, 0.05) is 18.3 Å². The van der Waals surface area contributed by atoms with Crippen LogP contribution in [0.5, 0.6) is 0 Å². The lowest BCUT2D eigenvalue weighted by atomic mass is 9.54. The molecule has 42 heavy (non-hydrogen) atoms. The van der Waals surface area contributed by atoms with E-state index in [-0.39, 0.29) is 11.1 Å². The first-order valence-corrected chi connectivity index (χ1v) is 13.3. The van der Waals surface area contributed by atoms with Crippen LogP contribution in [-0.4, -0.2) is 12.7 Å². The van der Waals surface area contributed by atoms with E-state index in [1.165, 1.54) is 7.11 Å². The van der Waals surface area contributed by atoms with Crippen molar-refractivity contribution < 1.29 is 4.74 Å². The van der Waals surface area contributed by atoms with E-state index >= 15 is 0 Å². The van der Waals surface area contributed by atoms with Crippen molar-refractivity contribution in [2.75, 3.05) is 7.11 Å².